The molecule has 0 aliphatic heterocycles. The van der Waals surface area contributed by atoms with Crippen molar-refractivity contribution < 1.29 is 19.1 Å². The summed E-state index contributed by atoms with van der Waals surface area (Å²) in [5, 5.41) is 0. The molecule has 0 saturated heterocycles. The SMILES string of the molecule is O=C(Oc1ccc([S+](c2ccccc2)c2ccc(-c3ccc([S+](c4ccccc4)c4ccc(OC(=O)C5CC6CC5C5C7CCC(C7)C65)cc4)cc3)cc2)cc1)C1CC2CC1C1CCCC21. The highest BCUT2D eigenvalue weighted by atomic mass is 32.2. The molecular formula is C60H58O4S2+2. The maximum absolute atomic E-state index is 13.7. The van der Waals surface area contributed by atoms with Gasteiger partial charge in [-0.05, 0) is 249 Å². The van der Waals surface area contributed by atoms with E-state index in [1.54, 1.807) is 0 Å². The van der Waals surface area contributed by atoms with Crippen LogP contribution < -0.4 is 9.47 Å². The largest absolute Gasteiger partial charge is 0.426 e. The number of rotatable bonds is 11. The fourth-order valence-corrected chi connectivity index (χ4v) is 19.5. The van der Waals surface area contributed by atoms with E-state index < -0.39 is 0 Å². The van der Waals surface area contributed by atoms with E-state index >= 15 is 0 Å². The Morgan fingerprint density at radius 2 is 0.788 bits per heavy atom. The summed E-state index contributed by atoms with van der Waals surface area (Å²) < 4.78 is 12.3. The third-order valence-electron chi connectivity index (χ3n) is 17.8. The van der Waals surface area contributed by atoms with E-state index in [0.717, 1.165) is 60.2 Å². The van der Waals surface area contributed by atoms with Gasteiger partial charge in [-0.25, -0.2) is 0 Å². The number of carbonyl (C=O) groups is 2. The van der Waals surface area contributed by atoms with Gasteiger partial charge in [-0.2, -0.15) is 0 Å². The van der Waals surface area contributed by atoms with Crippen molar-refractivity contribution in [1.82, 2.24) is 0 Å². The molecule has 14 atom stereocenters. The van der Waals surface area contributed by atoms with Gasteiger partial charge in [-0.1, -0.05) is 42.8 Å². The van der Waals surface area contributed by atoms with Crippen LogP contribution in [0.25, 0.3) is 11.1 Å². The fraction of sp³-hybridized carbons (Fsp3) is 0.367. The van der Waals surface area contributed by atoms with E-state index in [4.69, 9.17) is 9.47 Å². The van der Waals surface area contributed by atoms with E-state index in [1.807, 2.05) is 24.3 Å². The van der Waals surface area contributed by atoms with Gasteiger partial charge >= 0.3 is 11.9 Å². The molecule has 66 heavy (non-hydrogen) atoms. The van der Waals surface area contributed by atoms with Crippen LogP contribution in [0.4, 0.5) is 0 Å². The van der Waals surface area contributed by atoms with Crippen molar-refractivity contribution in [2.24, 2.45) is 71.0 Å². The highest BCUT2D eigenvalue weighted by Crippen LogP contribution is 2.69. The molecule has 6 bridgehead atoms. The quantitative estimate of drug-likeness (QED) is 0.0562. The minimum absolute atomic E-state index is 0.00172. The molecule has 7 aliphatic carbocycles. The molecule has 0 amide bonds. The zero-order valence-corrected chi connectivity index (χ0v) is 39.1. The second-order valence-electron chi connectivity index (χ2n) is 20.8. The summed E-state index contributed by atoms with van der Waals surface area (Å²) in [5.74, 6) is 9.04. The summed E-state index contributed by atoms with van der Waals surface area (Å²) in [7, 11) is -0.669. The van der Waals surface area contributed by atoms with Crippen molar-refractivity contribution in [2.45, 2.75) is 93.6 Å². The Labute approximate surface area is 395 Å². The molecule has 14 unspecified atom stereocenters. The van der Waals surface area contributed by atoms with Crippen LogP contribution in [-0.2, 0) is 31.4 Å². The number of fused-ring (bicyclic) bond motifs is 14. The Morgan fingerprint density at radius 1 is 0.364 bits per heavy atom. The molecule has 0 radical (unpaired) electrons. The van der Waals surface area contributed by atoms with Crippen molar-refractivity contribution in [2.75, 3.05) is 0 Å². The minimum atomic E-state index is -0.335. The topological polar surface area (TPSA) is 52.6 Å². The Kier molecular flexibility index (Phi) is 10.6. The normalized spacial score (nSPS) is 31.6. The van der Waals surface area contributed by atoms with Crippen LogP contribution in [0.3, 0.4) is 0 Å². The first-order valence-corrected chi connectivity index (χ1v) is 27.4. The first-order chi connectivity index (χ1) is 32.5. The Bertz CT molecular complexity index is 2720. The summed E-state index contributed by atoms with van der Waals surface area (Å²) >= 11 is 0. The second kappa shape index (κ2) is 16.9. The van der Waals surface area contributed by atoms with E-state index in [0.29, 0.717) is 23.3 Å². The van der Waals surface area contributed by atoms with Crippen LogP contribution in [0.5, 0.6) is 11.5 Å². The van der Waals surface area contributed by atoms with E-state index in [2.05, 4.69) is 133 Å². The van der Waals surface area contributed by atoms with Crippen LogP contribution in [0.15, 0.2) is 187 Å². The first kappa shape index (κ1) is 41.2. The Balaban J connectivity index is 0.702. The number of benzene rings is 6. The molecule has 0 aromatic heterocycles. The monoisotopic (exact) mass is 906 g/mol. The van der Waals surface area contributed by atoms with Crippen molar-refractivity contribution >= 4 is 33.7 Å². The van der Waals surface area contributed by atoms with Crippen LogP contribution in [0.1, 0.15) is 64.2 Å². The van der Waals surface area contributed by atoms with Gasteiger partial charge in [0.1, 0.15) is 11.5 Å². The van der Waals surface area contributed by atoms with Gasteiger partial charge < -0.3 is 9.47 Å². The molecule has 332 valence electrons. The van der Waals surface area contributed by atoms with Crippen LogP contribution >= 0.6 is 0 Å². The summed E-state index contributed by atoms with van der Waals surface area (Å²) in [4.78, 5) is 34.5. The van der Waals surface area contributed by atoms with Crippen LogP contribution in [0.2, 0.25) is 0 Å². The fourth-order valence-electron chi connectivity index (χ4n) is 15.3. The average Bonchev–Trinajstić information content (AvgIpc) is 4.24. The van der Waals surface area contributed by atoms with Gasteiger partial charge in [0.25, 0.3) is 0 Å². The van der Waals surface area contributed by atoms with Crippen molar-refractivity contribution in [1.29, 1.82) is 0 Å². The first-order valence-electron chi connectivity index (χ1n) is 24.9. The minimum Gasteiger partial charge on any atom is -0.426 e. The third kappa shape index (κ3) is 7.19. The van der Waals surface area contributed by atoms with Crippen LogP contribution in [0, 0.1) is 71.0 Å². The number of carbonyl (C=O) groups excluding carboxylic acids is 2. The summed E-state index contributed by atoms with van der Waals surface area (Å²) in [6.07, 6.45) is 12.8. The predicted octanol–water partition coefficient (Wildman–Crippen LogP) is 13.7. The summed E-state index contributed by atoms with van der Waals surface area (Å²) in [5.41, 5.74) is 2.34. The van der Waals surface area contributed by atoms with Gasteiger partial charge in [-0.3, -0.25) is 9.59 Å². The van der Waals surface area contributed by atoms with Crippen molar-refractivity contribution in [3.05, 3.63) is 158 Å². The number of hydrogen-bond donors (Lipinski definition) is 0. The lowest BCUT2D eigenvalue weighted by Gasteiger charge is -2.37. The summed E-state index contributed by atoms with van der Waals surface area (Å²) in [6, 6.07) is 56.2. The van der Waals surface area contributed by atoms with Gasteiger partial charge in [-0.15, -0.1) is 0 Å². The molecule has 7 saturated carbocycles. The highest BCUT2D eigenvalue weighted by molar-refractivity contribution is 7.97. The maximum Gasteiger partial charge on any atom is 0.314 e. The third-order valence-corrected chi connectivity index (χ3v) is 22.3. The molecule has 7 fully saturated rings. The molecule has 4 nitrogen and oxygen atoms in total. The molecule has 6 aromatic carbocycles. The van der Waals surface area contributed by atoms with Crippen molar-refractivity contribution in [3.63, 3.8) is 0 Å². The lowest BCUT2D eigenvalue weighted by Crippen LogP contribution is -2.37. The van der Waals surface area contributed by atoms with Crippen molar-refractivity contribution in [3.8, 4) is 22.6 Å². The molecule has 0 spiro atoms. The maximum atomic E-state index is 13.7. The van der Waals surface area contributed by atoms with Gasteiger partial charge in [0, 0.05) is 0 Å². The van der Waals surface area contributed by atoms with Gasteiger partial charge in [0.15, 0.2) is 29.4 Å². The van der Waals surface area contributed by atoms with Gasteiger partial charge in [0.05, 0.1) is 33.6 Å². The Hall–Kier alpha value is -5.04. The zero-order valence-electron chi connectivity index (χ0n) is 37.5. The second-order valence-corrected chi connectivity index (χ2v) is 24.9. The molecule has 0 heterocycles. The molecule has 6 heteroatoms. The molecule has 13 rings (SSSR count). The molecule has 6 aromatic rings. The highest BCUT2D eigenvalue weighted by Gasteiger charge is 2.64. The number of hydrogen-bond acceptors (Lipinski definition) is 4. The van der Waals surface area contributed by atoms with E-state index in [1.165, 1.54) is 91.9 Å². The zero-order chi connectivity index (χ0) is 43.9. The summed E-state index contributed by atoms with van der Waals surface area (Å²) in [6.45, 7) is 0. The van der Waals surface area contributed by atoms with Gasteiger partial charge in [0.2, 0.25) is 0 Å². The van der Waals surface area contributed by atoms with Crippen LogP contribution in [-0.4, -0.2) is 11.9 Å². The smallest absolute Gasteiger partial charge is 0.314 e. The van der Waals surface area contributed by atoms with E-state index in [-0.39, 0.29) is 45.6 Å². The molecule has 7 aliphatic rings. The Morgan fingerprint density at radius 3 is 1.32 bits per heavy atom. The number of ether oxygens (including phenoxy) is 2. The van der Waals surface area contributed by atoms with E-state index in [9.17, 15) is 9.59 Å². The predicted molar refractivity (Wildman–Crippen MR) is 261 cm³/mol. The standard InChI is InChI=1S/C60H58O4S2/c61-59(55-34-41-33-53(55)52-13-7-12-51(41)52)63-43-20-28-49(29-21-43)65(45-8-3-1-4-9-45)47-24-16-37(17-25-47)38-18-26-48(27-19-38)66(46-10-5-2-6-11-46)50-30-22-44(23-31-50)64-60(62)56-36-42-35-54(56)58-40-15-14-39(32-40)57(42)58/h1-6,8-11,16-31,39-42,51-58H,7,12-15,32-36H2/q+2. The molecular weight excluding hydrogens is 849 g/mol. The number of esters is 2. The lowest BCUT2D eigenvalue weighted by molar-refractivity contribution is -0.143. The molecule has 0 N–H and O–H groups in total. The average molecular weight is 907 g/mol. The lowest BCUT2D eigenvalue weighted by atomic mass is 9.67.